The van der Waals surface area contributed by atoms with Crippen molar-refractivity contribution in [2.45, 2.75) is 13.0 Å². The fraction of sp³-hybridized carbons (Fsp3) is 0.889. The highest BCUT2D eigenvalue weighted by atomic mass is 16.6. The van der Waals surface area contributed by atoms with Crippen LogP contribution in [-0.4, -0.2) is 44.9 Å². The number of rotatable bonds is 4. The third-order valence-electron chi connectivity index (χ3n) is 2.19. The molecule has 0 aromatic heterocycles. The van der Waals surface area contributed by atoms with Gasteiger partial charge in [0.1, 0.15) is 0 Å². The minimum atomic E-state index is -0.139. The lowest BCUT2D eigenvalue weighted by atomic mass is 10.1. The Labute approximate surface area is 83.9 Å². The van der Waals surface area contributed by atoms with Crippen LogP contribution >= 0.6 is 0 Å². The van der Waals surface area contributed by atoms with Crippen LogP contribution in [0.25, 0.3) is 0 Å². The molecule has 0 aromatic carbocycles. The molecule has 5 heteroatoms. The molecule has 1 heterocycles. The maximum atomic E-state index is 11.3. The van der Waals surface area contributed by atoms with E-state index in [2.05, 4.69) is 5.32 Å². The van der Waals surface area contributed by atoms with E-state index >= 15 is 0 Å². The van der Waals surface area contributed by atoms with Crippen LogP contribution in [0.3, 0.4) is 0 Å². The average molecular weight is 202 g/mol. The van der Waals surface area contributed by atoms with Crippen LogP contribution in [0.2, 0.25) is 0 Å². The van der Waals surface area contributed by atoms with Crippen molar-refractivity contribution < 1.29 is 14.3 Å². The van der Waals surface area contributed by atoms with E-state index in [1.165, 1.54) is 0 Å². The highest BCUT2D eigenvalue weighted by molar-refractivity contribution is 5.78. The second kappa shape index (κ2) is 5.95. The Kier molecular flexibility index (Phi) is 4.86. The van der Waals surface area contributed by atoms with Gasteiger partial charge in [0.15, 0.2) is 0 Å². The monoisotopic (exact) mass is 202 g/mol. The van der Waals surface area contributed by atoms with Gasteiger partial charge >= 0.3 is 0 Å². The maximum Gasteiger partial charge on any atom is 0.224 e. The van der Waals surface area contributed by atoms with Crippen molar-refractivity contribution in [3.05, 3.63) is 0 Å². The number of nitrogens with one attached hydrogen (secondary N) is 1. The van der Waals surface area contributed by atoms with E-state index < -0.39 is 0 Å². The van der Waals surface area contributed by atoms with E-state index in [1.807, 2.05) is 0 Å². The first-order chi connectivity index (χ1) is 6.74. The summed E-state index contributed by atoms with van der Waals surface area (Å²) in [7, 11) is 0. The van der Waals surface area contributed by atoms with Crippen LogP contribution in [0.1, 0.15) is 6.92 Å². The molecule has 2 atom stereocenters. The molecule has 1 fully saturated rings. The molecule has 0 aromatic rings. The van der Waals surface area contributed by atoms with Crippen molar-refractivity contribution in [1.82, 2.24) is 5.32 Å². The highest BCUT2D eigenvalue weighted by Crippen LogP contribution is 1.99. The summed E-state index contributed by atoms with van der Waals surface area (Å²) in [6.45, 7) is 4.47. The molecular formula is C9H18N2O3. The van der Waals surface area contributed by atoms with Gasteiger partial charge in [-0.3, -0.25) is 4.79 Å². The molecule has 1 amide bonds. The van der Waals surface area contributed by atoms with Gasteiger partial charge < -0.3 is 20.5 Å². The average Bonchev–Trinajstić information content (AvgIpc) is 2.26. The predicted octanol–water partition coefficient (Wildman–Crippen LogP) is -0.887. The number of ether oxygens (including phenoxy) is 2. The molecular weight excluding hydrogens is 184 g/mol. The molecule has 82 valence electrons. The zero-order valence-electron chi connectivity index (χ0n) is 8.49. The summed E-state index contributed by atoms with van der Waals surface area (Å²) in [4.78, 5) is 11.3. The molecule has 1 saturated heterocycles. The van der Waals surface area contributed by atoms with E-state index in [0.29, 0.717) is 32.9 Å². The quantitative estimate of drug-likeness (QED) is 0.620. The fourth-order valence-electron chi connectivity index (χ4n) is 1.15. The smallest absolute Gasteiger partial charge is 0.224 e. The summed E-state index contributed by atoms with van der Waals surface area (Å²) in [5.74, 6) is -0.166. The zero-order chi connectivity index (χ0) is 10.4. The predicted molar refractivity (Wildman–Crippen MR) is 51.8 cm³/mol. The second-order valence-corrected chi connectivity index (χ2v) is 3.45. The number of nitrogens with two attached hydrogens (primary N) is 1. The highest BCUT2D eigenvalue weighted by Gasteiger charge is 2.16. The number of carbonyl (C=O) groups is 1. The van der Waals surface area contributed by atoms with E-state index in [0.717, 1.165) is 0 Å². The normalized spacial score (nSPS) is 24.3. The largest absolute Gasteiger partial charge is 0.376 e. The SMILES string of the molecule is CC(CN)C(=O)NCC1COCCO1. The molecule has 3 N–H and O–H groups in total. The Hall–Kier alpha value is -0.650. The van der Waals surface area contributed by atoms with Crippen LogP contribution < -0.4 is 11.1 Å². The summed E-state index contributed by atoms with van der Waals surface area (Å²) in [6.07, 6.45) is -0.0160. The number of hydrogen-bond donors (Lipinski definition) is 2. The summed E-state index contributed by atoms with van der Waals surface area (Å²) in [5.41, 5.74) is 5.36. The molecule has 0 aliphatic carbocycles. The summed E-state index contributed by atoms with van der Waals surface area (Å²) >= 11 is 0. The Morgan fingerprint density at radius 3 is 3.00 bits per heavy atom. The van der Waals surface area contributed by atoms with Crippen molar-refractivity contribution in [2.75, 3.05) is 32.9 Å². The Balaban J connectivity index is 2.15. The van der Waals surface area contributed by atoms with E-state index in [-0.39, 0.29) is 17.9 Å². The Morgan fingerprint density at radius 1 is 1.64 bits per heavy atom. The molecule has 2 unspecified atom stereocenters. The topological polar surface area (TPSA) is 73.6 Å². The van der Waals surface area contributed by atoms with Crippen LogP contribution in [0.15, 0.2) is 0 Å². The van der Waals surface area contributed by atoms with Crippen LogP contribution in [0.4, 0.5) is 0 Å². The van der Waals surface area contributed by atoms with Gasteiger partial charge in [-0.2, -0.15) is 0 Å². The molecule has 0 radical (unpaired) electrons. The van der Waals surface area contributed by atoms with Gasteiger partial charge in [-0.1, -0.05) is 6.92 Å². The van der Waals surface area contributed by atoms with Gasteiger partial charge in [0.25, 0.3) is 0 Å². The fourth-order valence-corrected chi connectivity index (χ4v) is 1.15. The van der Waals surface area contributed by atoms with Gasteiger partial charge in [0, 0.05) is 19.0 Å². The van der Waals surface area contributed by atoms with Crippen molar-refractivity contribution in [3.63, 3.8) is 0 Å². The van der Waals surface area contributed by atoms with Gasteiger partial charge in [-0.05, 0) is 0 Å². The lowest BCUT2D eigenvalue weighted by molar-refractivity contribution is -0.126. The van der Waals surface area contributed by atoms with Crippen molar-refractivity contribution in [1.29, 1.82) is 0 Å². The molecule has 1 aliphatic heterocycles. The minimum absolute atomic E-state index is 0.0160. The zero-order valence-corrected chi connectivity index (χ0v) is 8.49. The summed E-state index contributed by atoms with van der Waals surface area (Å²) in [5, 5.41) is 2.78. The first-order valence-electron chi connectivity index (χ1n) is 4.91. The van der Waals surface area contributed by atoms with Gasteiger partial charge in [0.05, 0.1) is 25.9 Å². The van der Waals surface area contributed by atoms with Crippen molar-refractivity contribution >= 4 is 5.91 Å². The van der Waals surface area contributed by atoms with Gasteiger partial charge in [-0.25, -0.2) is 0 Å². The second-order valence-electron chi connectivity index (χ2n) is 3.45. The summed E-state index contributed by atoms with van der Waals surface area (Å²) < 4.78 is 10.6. The first kappa shape index (κ1) is 11.4. The lowest BCUT2D eigenvalue weighted by Crippen LogP contribution is -2.42. The number of carbonyl (C=O) groups excluding carboxylic acids is 1. The number of hydrogen-bond acceptors (Lipinski definition) is 4. The van der Waals surface area contributed by atoms with E-state index in [4.69, 9.17) is 15.2 Å². The first-order valence-corrected chi connectivity index (χ1v) is 4.91. The van der Waals surface area contributed by atoms with Crippen LogP contribution in [-0.2, 0) is 14.3 Å². The molecule has 1 rings (SSSR count). The molecule has 14 heavy (non-hydrogen) atoms. The lowest BCUT2D eigenvalue weighted by Gasteiger charge is -2.23. The molecule has 1 aliphatic rings. The third kappa shape index (κ3) is 3.61. The van der Waals surface area contributed by atoms with Gasteiger partial charge in [-0.15, -0.1) is 0 Å². The number of amides is 1. The Bertz CT molecular complexity index is 181. The van der Waals surface area contributed by atoms with Gasteiger partial charge in [0.2, 0.25) is 5.91 Å². The molecule has 0 spiro atoms. The molecule has 0 saturated carbocycles. The van der Waals surface area contributed by atoms with E-state index in [1.54, 1.807) is 6.92 Å². The van der Waals surface area contributed by atoms with E-state index in [9.17, 15) is 4.79 Å². The minimum Gasteiger partial charge on any atom is -0.376 e. The van der Waals surface area contributed by atoms with Crippen molar-refractivity contribution in [3.8, 4) is 0 Å². The van der Waals surface area contributed by atoms with Crippen molar-refractivity contribution in [2.24, 2.45) is 11.7 Å². The standard InChI is InChI=1S/C9H18N2O3/c1-7(4-10)9(12)11-5-8-6-13-2-3-14-8/h7-8H,2-6,10H2,1H3,(H,11,12). The maximum absolute atomic E-state index is 11.3. The molecule has 5 nitrogen and oxygen atoms in total. The molecule has 0 bridgehead atoms. The van der Waals surface area contributed by atoms with Crippen LogP contribution in [0, 0.1) is 5.92 Å². The Morgan fingerprint density at radius 2 is 2.43 bits per heavy atom. The third-order valence-corrected chi connectivity index (χ3v) is 2.19. The van der Waals surface area contributed by atoms with Crippen LogP contribution in [0.5, 0.6) is 0 Å². The summed E-state index contributed by atoms with van der Waals surface area (Å²) in [6, 6.07) is 0.